The lowest BCUT2D eigenvalue weighted by Crippen LogP contribution is -2.39. The molecule has 0 fully saturated rings. The molecule has 0 aromatic carbocycles. The molecule has 0 bridgehead atoms. The Hall–Kier alpha value is -0.530. The summed E-state index contributed by atoms with van der Waals surface area (Å²) in [6.45, 7) is 11.7. The Morgan fingerprint density at radius 3 is 0.773 bits per heavy atom. The van der Waals surface area contributed by atoms with Crippen LogP contribution in [0, 0.1) is 0 Å². The van der Waals surface area contributed by atoms with Crippen LogP contribution in [-0.2, 0) is 14.4 Å². The zero-order chi connectivity index (χ0) is 55.1. The van der Waals surface area contributed by atoms with Gasteiger partial charge in [-0.2, -0.15) is 0 Å². The van der Waals surface area contributed by atoms with Crippen LogP contribution in [0.3, 0.4) is 0 Å². The van der Waals surface area contributed by atoms with Gasteiger partial charge in [-0.15, -0.1) is 0 Å². The van der Waals surface area contributed by atoms with Crippen molar-refractivity contribution < 1.29 is 34.8 Å². The number of hydrogen-bond donors (Lipinski definition) is 4. The van der Waals surface area contributed by atoms with Crippen molar-refractivity contribution >= 4 is 39.5 Å². The van der Waals surface area contributed by atoms with E-state index in [0.29, 0.717) is 63.6 Å². The van der Waals surface area contributed by atoms with Crippen molar-refractivity contribution in [2.75, 3.05) is 50.8 Å². The van der Waals surface area contributed by atoms with E-state index in [9.17, 15) is 34.8 Å². The zero-order valence-corrected chi connectivity index (χ0v) is 51.6. The van der Waals surface area contributed by atoms with Crippen molar-refractivity contribution in [3.63, 3.8) is 0 Å². The fourth-order valence-electron chi connectivity index (χ4n) is 10.4. The Morgan fingerprint density at radius 1 is 0.320 bits per heavy atom. The maximum atomic E-state index is 13.1. The number of aliphatic hydroxyl groups excluding tert-OH is 4. The lowest BCUT2D eigenvalue weighted by molar-refractivity contribution is -0.133. The first kappa shape index (κ1) is 74.5. The Kier molecular flexibility index (Phi) is 57.7. The number of hydrogen-bond acceptors (Lipinski definition) is 11. The van der Waals surface area contributed by atoms with Crippen LogP contribution in [-0.4, -0.2) is 121 Å². The van der Waals surface area contributed by atoms with Gasteiger partial charge in [0.25, 0.3) is 5.12 Å². The minimum atomic E-state index is -0.693. The number of nitrogens with zero attached hydrogens (tertiary/aromatic N) is 2. The summed E-state index contributed by atoms with van der Waals surface area (Å²) in [6.07, 6.45) is 50.1. The Balaban J connectivity index is 5.08. The van der Waals surface area contributed by atoms with Gasteiger partial charge in [0.2, 0.25) is 5.78 Å². The molecule has 11 heteroatoms. The number of aliphatic hydroxyl groups is 4. The van der Waals surface area contributed by atoms with E-state index in [1.165, 1.54) is 205 Å². The van der Waals surface area contributed by atoms with E-state index in [-0.39, 0.29) is 5.12 Å². The van der Waals surface area contributed by atoms with E-state index in [4.69, 9.17) is 0 Å². The molecule has 0 rings (SSSR count). The summed E-state index contributed by atoms with van der Waals surface area (Å²) < 4.78 is 0. The quantitative estimate of drug-likeness (QED) is 0.0263. The molecular formula is C64H126N2O7S2. The summed E-state index contributed by atoms with van der Waals surface area (Å²) in [5, 5.41) is 43.3. The highest BCUT2D eigenvalue weighted by atomic mass is 32.2. The number of Topliss-reactive ketones (excluding diaryl/α,β-unsaturated/α-hetero) is 1. The van der Waals surface area contributed by atoms with Crippen molar-refractivity contribution in [2.45, 2.75) is 341 Å². The summed E-state index contributed by atoms with van der Waals surface area (Å²) in [4.78, 5) is 43.3. The van der Waals surface area contributed by atoms with Crippen LogP contribution in [0.2, 0.25) is 0 Å². The van der Waals surface area contributed by atoms with Crippen LogP contribution in [0.4, 0.5) is 0 Å². The average molecular weight is 1100 g/mol. The molecule has 9 nitrogen and oxygen atoms in total. The second-order valence-corrected chi connectivity index (χ2v) is 25.2. The topological polar surface area (TPSA) is 139 Å². The molecule has 0 spiro atoms. The Labute approximate surface area is 473 Å². The van der Waals surface area contributed by atoms with Gasteiger partial charge in [-0.05, 0) is 25.7 Å². The zero-order valence-electron chi connectivity index (χ0n) is 50.0. The predicted molar refractivity (Wildman–Crippen MR) is 327 cm³/mol. The fraction of sp³-hybridized carbons (Fsp3) is 0.953. The van der Waals surface area contributed by atoms with Crippen LogP contribution in [0.25, 0.3) is 0 Å². The van der Waals surface area contributed by atoms with Gasteiger partial charge < -0.3 is 20.4 Å². The van der Waals surface area contributed by atoms with Gasteiger partial charge in [0.1, 0.15) is 0 Å². The Bertz CT molecular complexity index is 1170. The molecule has 0 aliphatic carbocycles. The monoisotopic (exact) mass is 1100 g/mol. The van der Waals surface area contributed by atoms with Gasteiger partial charge in [0.15, 0.2) is 5.12 Å². The molecule has 75 heavy (non-hydrogen) atoms. The van der Waals surface area contributed by atoms with Crippen LogP contribution < -0.4 is 0 Å². The van der Waals surface area contributed by atoms with E-state index in [0.717, 1.165) is 87.7 Å². The van der Waals surface area contributed by atoms with Crippen LogP contribution >= 0.6 is 23.5 Å². The lowest BCUT2D eigenvalue weighted by Gasteiger charge is -2.27. The average Bonchev–Trinajstić information content (AvgIpc) is 3.38. The molecule has 446 valence electrons. The predicted octanol–water partition coefficient (Wildman–Crippen LogP) is 16.8. The number of carbonyl (C=O) groups is 3. The third-order valence-electron chi connectivity index (χ3n) is 15.3. The van der Waals surface area contributed by atoms with E-state index in [1.54, 1.807) is 0 Å². The molecule has 4 N–H and O–H groups in total. The number of ketones is 1. The summed E-state index contributed by atoms with van der Waals surface area (Å²) >= 11 is 1.99. The number of carbonyl (C=O) groups excluding carboxylic acids is 3. The molecule has 0 amide bonds. The molecule has 4 atom stereocenters. The van der Waals surface area contributed by atoms with Crippen LogP contribution in [0.15, 0.2) is 0 Å². The van der Waals surface area contributed by atoms with Crippen LogP contribution in [0.1, 0.15) is 317 Å². The maximum Gasteiger partial charge on any atom is 0.255 e. The largest absolute Gasteiger partial charge is 0.392 e. The van der Waals surface area contributed by atoms with Gasteiger partial charge in [0.05, 0.1) is 30.8 Å². The Morgan fingerprint density at radius 2 is 0.533 bits per heavy atom. The van der Waals surface area contributed by atoms with Crippen molar-refractivity contribution in [1.82, 2.24) is 9.80 Å². The molecule has 0 aliphatic rings. The standard InChI is InChI=1S/C64H126N2O7S2/c1-5-9-13-17-21-25-29-33-37-41-45-58(67)54-65(55-59(68)46-42-38-34-30-26-22-18-14-10-6-2)49-51-74-63(72)53-62(71)64(73)75-52-50-66(56-60(69)47-43-39-35-31-27-23-19-15-11-7-3)57-61(70)48-44-40-36-32-28-24-20-16-12-8-4/h58-61,67-70H,5-57H2,1-4H3. The maximum absolute atomic E-state index is 13.1. The fourth-order valence-corrected chi connectivity index (χ4v) is 12.0. The normalized spacial score (nSPS) is 13.5. The minimum Gasteiger partial charge on any atom is -0.392 e. The number of unbranched alkanes of at least 4 members (excludes halogenated alkanes) is 36. The number of thioether (sulfide) groups is 2. The molecule has 0 aromatic heterocycles. The molecule has 0 heterocycles. The SMILES string of the molecule is CCCCCCCCCCCCC(O)CN(CCSC(=O)CC(=O)C(=O)SCCN(CC(O)CCCCCCCCCCCC)CC(O)CCCCCCCCCCCC)CC(O)CCCCCCCCCCCC. The van der Waals surface area contributed by atoms with Crippen molar-refractivity contribution in [1.29, 1.82) is 0 Å². The van der Waals surface area contributed by atoms with Crippen LogP contribution in [0.5, 0.6) is 0 Å². The van der Waals surface area contributed by atoms with Gasteiger partial charge in [-0.1, -0.05) is 308 Å². The molecule has 0 saturated carbocycles. The highest BCUT2D eigenvalue weighted by Gasteiger charge is 2.22. The van der Waals surface area contributed by atoms with Gasteiger partial charge in [0, 0.05) is 50.8 Å². The van der Waals surface area contributed by atoms with E-state index in [2.05, 4.69) is 37.5 Å². The lowest BCUT2D eigenvalue weighted by atomic mass is 10.0. The van der Waals surface area contributed by atoms with Gasteiger partial charge in [-0.3, -0.25) is 24.2 Å². The summed E-state index contributed by atoms with van der Waals surface area (Å²) in [7, 11) is 0. The minimum absolute atomic E-state index is 0.336. The van der Waals surface area contributed by atoms with E-state index < -0.39 is 41.7 Å². The summed E-state index contributed by atoms with van der Waals surface area (Å²) in [6, 6.07) is 0. The molecule has 0 aliphatic heterocycles. The number of rotatable bonds is 61. The second-order valence-electron chi connectivity index (χ2n) is 23.0. The first-order chi connectivity index (χ1) is 36.6. The van der Waals surface area contributed by atoms with Crippen molar-refractivity contribution in [2.24, 2.45) is 0 Å². The summed E-state index contributed by atoms with van der Waals surface area (Å²) in [5.74, 6) is 0.0720. The summed E-state index contributed by atoms with van der Waals surface area (Å²) in [5.41, 5.74) is 0. The first-order valence-electron chi connectivity index (χ1n) is 32.6. The van der Waals surface area contributed by atoms with Crippen molar-refractivity contribution in [3.8, 4) is 0 Å². The van der Waals surface area contributed by atoms with E-state index in [1.807, 2.05) is 0 Å². The van der Waals surface area contributed by atoms with Crippen molar-refractivity contribution in [3.05, 3.63) is 0 Å². The van der Waals surface area contributed by atoms with Gasteiger partial charge in [-0.25, -0.2) is 0 Å². The molecular weight excluding hydrogens is 973 g/mol. The molecule has 0 radical (unpaired) electrons. The first-order valence-corrected chi connectivity index (χ1v) is 34.6. The molecule has 0 aromatic rings. The highest BCUT2D eigenvalue weighted by Crippen LogP contribution is 2.19. The molecule has 0 saturated heterocycles. The second kappa shape index (κ2) is 58.1. The van der Waals surface area contributed by atoms with Gasteiger partial charge >= 0.3 is 0 Å². The highest BCUT2D eigenvalue weighted by molar-refractivity contribution is 8.15. The molecule has 4 unspecified atom stereocenters. The third kappa shape index (κ3) is 53.9. The van der Waals surface area contributed by atoms with E-state index >= 15 is 0 Å². The smallest absolute Gasteiger partial charge is 0.255 e. The third-order valence-corrected chi connectivity index (χ3v) is 17.0.